The summed E-state index contributed by atoms with van der Waals surface area (Å²) in [6, 6.07) is 13.6. The summed E-state index contributed by atoms with van der Waals surface area (Å²) >= 11 is 0. The first-order valence-electron chi connectivity index (χ1n) is 5.69. The highest BCUT2D eigenvalue weighted by Gasteiger charge is 2.05. The van der Waals surface area contributed by atoms with E-state index in [0.29, 0.717) is 0 Å². The van der Waals surface area contributed by atoms with Gasteiger partial charge in [0.25, 0.3) is 5.69 Å². The lowest BCUT2D eigenvalue weighted by atomic mass is 10.1. The Kier molecular flexibility index (Phi) is 3.56. The predicted molar refractivity (Wildman–Crippen MR) is 72.8 cm³/mol. The zero-order valence-electron chi connectivity index (χ0n) is 10.3. The molecule has 0 aromatic heterocycles. The van der Waals surface area contributed by atoms with Crippen molar-refractivity contribution in [2.45, 2.75) is 6.92 Å². The van der Waals surface area contributed by atoms with Gasteiger partial charge in [0, 0.05) is 24.7 Å². The van der Waals surface area contributed by atoms with Crippen molar-refractivity contribution in [1.82, 2.24) is 0 Å². The molecular formula is C14H12N2O3. The van der Waals surface area contributed by atoms with Gasteiger partial charge in [0.15, 0.2) is 0 Å². The minimum absolute atomic E-state index is 0.0682. The molecule has 0 atom stereocenters. The number of amides is 1. The molecule has 0 heterocycles. The van der Waals surface area contributed by atoms with E-state index in [1.54, 1.807) is 24.3 Å². The van der Waals surface area contributed by atoms with Crippen LogP contribution in [0, 0.1) is 10.1 Å². The summed E-state index contributed by atoms with van der Waals surface area (Å²) in [4.78, 5) is 21.0. The zero-order chi connectivity index (χ0) is 13.8. The lowest BCUT2D eigenvalue weighted by Crippen LogP contribution is -2.05. The summed E-state index contributed by atoms with van der Waals surface area (Å²) < 4.78 is 0. The second-order valence-electron chi connectivity index (χ2n) is 4.06. The van der Waals surface area contributed by atoms with E-state index in [9.17, 15) is 14.9 Å². The zero-order valence-corrected chi connectivity index (χ0v) is 10.3. The number of nitro benzene ring substituents is 1. The monoisotopic (exact) mass is 256 g/mol. The molecule has 0 spiro atoms. The number of rotatable bonds is 3. The number of hydrogen-bond acceptors (Lipinski definition) is 3. The molecule has 5 nitrogen and oxygen atoms in total. The van der Waals surface area contributed by atoms with E-state index >= 15 is 0 Å². The number of benzene rings is 2. The quantitative estimate of drug-likeness (QED) is 0.677. The number of anilines is 1. The van der Waals surface area contributed by atoms with Crippen LogP contribution in [-0.4, -0.2) is 10.8 Å². The molecule has 1 N–H and O–H groups in total. The molecule has 0 saturated carbocycles. The van der Waals surface area contributed by atoms with Crippen LogP contribution in [0.5, 0.6) is 0 Å². The number of nitro groups is 1. The summed E-state index contributed by atoms with van der Waals surface area (Å²) in [5, 5.41) is 13.2. The van der Waals surface area contributed by atoms with Gasteiger partial charge >= 0.3 is 0 Å². The lowest BCUT2D eigenvalue weighted by molar-refractivity contribution is -0.384. The Balaban J connectivity index is 2.22. The summed E-state index contributed by atoms with van der Waals surface area (Å²) in [5.74, 6) is -0.122. The molecule has 0 aliphatic carbocycles. The van der Waals surface area contributed by atoms with Crippen LogP contribution in [0.3, 0.4) is 0 Å². The van der Waals surface area contributed by atoms with Gasteiger partial charge in [0.05, 0.1) is 4.92 Å². The fraction of sp³-hybridized carbons (Fsp3) is 0.0714. The van der Waals surface area contributed by atoms with E-state index in [-0.39, 0.29) is 11.6 Å². The number of nitrogens with zero attached hydrogens (tertiary/aromatic N) is 1. The fourth-order valence-electron chi connectivity index (χ4n) is 1.72. The molecule has 1 amide bonds. The number of non-ortho nitro benzene ring substituents is 1. The van der Waals surface area contributed by atoms with Crippen molar-refractivity contribution in [3.05, 3.63) is 58.6 Å². The Morgan fingerprint density at radius 3 is 1.89 bits per heavy atom. The molecule has 0 fully saturated rings. The first-order valence-corrected chi connectivity index (χ1v) is 5.69. The van der Waals surface area contributed by atoms with Gasteiger partial charge in [0.2, 0.25) is 5.91 Å². The second-order valence-corrected chi connectivity index (χ2v) is 4.06. The molecule has 0 unspecified atom stereocenters. The first kappa shape index (κ1) is 12.8. The van der Waals surface area contributed by atoms with E-state index in [1.807, 2.05) is 12.1 Å². The largest absolute Gasteiger partial charge is 0.326 e. The SMILES string of the molecule is CC(=O)Nc1ccc(-c2ccc([N+](=O)[O-])cc2)cc1. The number of carbonyl (C=O) groups is 1. The van der Waals surface area contributed by atoms with Gasteiger partial charge in [-0.3, -0.25) is 14.9 Å². The average Bonchev–Trinajstić information content (AvgIpc) is 2.39. The third-order valence-corrected chi connectivity index (χ3v) is 2.62. The van der Waals surface area contributed by atoms with Crippen molar-refractivity contribution in [2.24, 2.45) is 0 Å². The molecular weight excluding hydrogens is 244 g/mol. The molecule has 96 valence electrons. The Morgan fingerprint density at radius 1 is 1.00 bits per heavy atom. The van der Waals surface area contributed by atoms with Gasteiger partial charge in [-0.25, -0.2) is 0 Å². The summed E-state index contributed by atoms with van der Waals surface area (Å²) in [6.45, 7) is 1.45. The smallest absolute Gasteiger partial charge is 0.269 e. The minimum atomic E-state index is -0.427. The molecule has 2 rings (SSSR count). The van der Waals surface area contributed by atoms with Crippen LogP contribution in [0.25, 0.3) is 11.1 Å². The van der Waals surface area contributed by atoms with Gasteiger partial charge in [0.1, 0.15) is 0 Å². The van der Waals surface area contributed by atoms with Crippen LogP contribution < -0.4 is 5.32 Å². The average molecular weight is 256 g/mol. The highest BCUT2D eigenvalue weighted by Crippen LogP contribution is 2.23. The number of carbonyl (C=O) groups excluding carboxylic acids is 1. The van der Waals surface area contributed by atoms with Crippen LogP contribution in [0.4, 0.5) is 11.4 Å². The van der Waals surface area contributed by atoms with E-state index in [1.165, 1.54) is 19.1 Å². The fourth-order valence-corrected chi connectivity index (χ4v) is 1.72. The number of hydrogen-bond donors (Lipinski definition) is 1. The minimum Gasteiger partial charge on any atom is -0.326 e. The lowest BCUT2D eigenvalue weighted by Gasteiger charge is -2.04. The van der Waals surface area contributed by atoms with Crippen molar-refractivity contribution in [3.63, 3.8) is 0 Å². The highest BCUT2D eigenvalue weighted by atomic mass is 16.6. The molecule has 2 aromatic rings. The molecule has 0 radical (unpaired) electrons. The first-order chi connectivity index (χ1) is 9.06. The van der Waals surface area contributed by atoms with Gasteiger partial charge in [-0.15, -0.1) is 0 Å². The van der Waals surface area contributed by atoms with E-state index in [4.69, 9.17) is 0 Å². The Morgan fingerprint density at radius 2 is 1.47 bits per heavy atom. The maximum Gasteiger partial charge on any atom is 0.269 e. The van der Waals surface area contributed by atoms with Crippen molar-refractivity contribution in [2.75, 3.05) is 5.32 Å². The van der Waals surface area contributed by atoms with E-state index in [0.717, 1.165) is 16.8 Å². The third kappa shape index (κ3) is 3.16. The molecule has 0 saturated heterocycles. The van der Waals surface area contributed by atoms with Crippen molar-refractivity contribution < 1.29 is 9.72 Å². The second kappa shape index (κ2) is 5.30. The Labute approximate surface area is 110 Å². The summed E-state index contributed by atoms with van der Waals surface area (Å²) in [7, 11) is 0. The molecule has 5 heteroatoms. The predicted octanol–water partition coefficient (Wildman–Crippen LogP) is 3.22. The van der Waals surface area contributed by atoms with Crippen LogP contribution in [-0.2, 0) is 4.79 Å². The van der Waals surface area contributed by atoms with Crippen LogP contribution in [0.1, 0.15) is 6.92 Å². The Hall–Kier alpha value is -2.69. The summed E-state index contributed by atoms with van der Waals surface area (Å²) in [6.07, 6.45) is 0. The van der Waals surface area contributed by atoms with Crippen LogP contribution in [0.15, 0.2) is 48.5 Å². The van der Waals surface area contributed by atoms with E-state index < -0.39 is 4.92 Å². The van der Waals surface area contributed by atoms with Crippen molar-refractivity contribution in [3.8, 4) is 11.1 Å². The maximum atomic E-state index is 10.9. The van der Waals surface area contributed by atoms with Gasteiger partial charge in [-0.2, -0.15) is 0 Å². The molecule has 0 bridgehead atoms. The van der Waals surface area contributed by atoms with Gasteiger partial charge in [-0.1, -0.05) is 12.1 Å². The normalized spacial score (nSPS) is 9.95. The topological polar surface area (TPSA) is 72.2 Å². The number of nitrogens with one attached hydrogen (secondary N) is 1. The van der Waals surface area contributed by atoms with Gasteiger partial charge < -0.3 is 5.32 Å². The molecule has 0 aliphatic heterocycles. The maximum absolute atomic E-state index is 10.9. The molecule has 0 aliphatic rings. The van der Waals surface area contributed by atoms with Crippen LogP contribution in [0.2, 0.25) is 0 Å². The van der Waals surface area contributed by atoms with E-state index in [2.05, 4.69) is 5.32 Å². The molecule has 2 aromatic carbocycles. The Bertz CT molecular complexity index is 604. The third-order valence-electron chi connectivity index (χ3n) is 2.62. The standard InChI is InChI=1S/C14H12N2O3/c1-10(17)15-13-6-2-11(3-7-13)12-4-8-14(9-5-12)16(18)19/h2-9H,1H3,(H,15,17). The highest BCUT2D eigenvalue weighted by molar-refractivity contribution is 5.89. The molecule has 19 heavy (non-hydrogen) atoms. The van der Waals surface area contributed by atoms with Crippen LogP contribution >= 0.6 is 0 Å². The van der Waals surface area contributed by atoms with Crippen molar-refractivity contribution >= 4 is 17.3 Å². The summed E-state index contributed by atoms with van der Waals surface area (Å²) in [5.41, 5.74) is 2.61. The van der Waals surface area contributed by atoms with Gasteiger partial charge in [-0.05, 0) is 35.4 Å². The van der Waals surface area contributed by atoms with Crippen molar-refractivity contribution in [1.29, 1.82) is 0 Å².